The monoisotopic (exact) mass is 296 g/mol. The van der Waals surface area contributed by atoms with E-state index in [2.05, 4.69) is 16.1 Å². The van der Waals surface area contributed by atoms with E-state index < -0.39 is 10.2 Å². The molecule has 0 spiro atoms. The summed E-state index contributed by atoms with van der Waals surface area (Å²) in [5.41, 5.74) is 2.02. The van der Waals surface area contributed by atoms with E-state index in [-0.39, 0.29) is 4.90 Å². The summed E-state index contributed by atoms with van der Waals surface area (Å²) in [6.45, 7) is 5.94. The Labute approximate surface area is 119 Å². The summed E-state index contributed by atoms with van der Waals surface area (Å²) in [6.07, 6.45) is 5.37. The fourth-order valence-corrected chi connectivity index (χ4v) is 2.85. The Kier molecular flexibility index (Phi) is 4.43. The van der Waals surface area contributed by atoms with E-state index in [0.29, 0.717) is 12.1 Å². The summed E-state index contributed by atoms with van der Waals surface area (Å²) in [5.74, 6) is 2.42. The molecule has 1 aromatic carbocycles. The lowest BCUT2D eigenvalue weighted by atomic mass is 10.0. The van der Waals surface area contributed by atoms with Gasteiger partial charge in [0.05, 0.1) is 0 Å². The third-order valence-corrected chi connectivity index (χ3v) is 4.33. The molecule has 4 nitrogen and oxygen atoms in total. The standard InChI is InChI=1S/C14H17FN2O2S/c1-3-12-8-14(20(15,18)19)9-13(11(12)2)10-17-6-4-16-5-7-17/h1,8-9,16H,4-7,10H2,2H3. The lowest BCUT2D eigenvalue weighted by Gasteiger charge is -2.28. The van der Waals surface area contributed by atoms with E-state index in [4.69, 9.17) is 6.42 Å². The number of hydrogen-bond donors (Lipinski definition) is 1. The average Bonchev–Trinajstić information content (AvgIpc) is 2.41. The minimum Gasteiger partial charge on any atom is -0.314 e. The molecule has 1 heterocycles. The van der Waals surface area contributed by atoms with Gasteiger partial charge in [-0.2, -0.15) is 8.42 Å². The van der Waals surface area contributed by atoms with Crippen LogP contribution in [0.1, 0.15) is 16.7 Å². The first-order valence-corrected chi connectivity index (χ1v) is 7.78. The van der Waals surface area contributed by atoms with Gasteiger partial charge in [-0.25, -0.2) is 0 Å². The van der Waals surface area contributed by atoms with Crippen LogP contribution in [-0.4, -0.2) is 39.5 Å². The number of hydrogen-bond acceptors (Lipinski definition) is 4. The fraction of sp³-hybridized carbons (Fsp3) is 0.429. The summed E-state index contributed by atoms with van der Waals surface area (Å²) in [4.78, 5) is 1.83. The molecule has 2 rings (SSSR count). The molecule has 0 unspecified atom stereocenters. The third kappa shape index (κ3) is 3.37. The van der Waals surface area contributed by atoms with Gasteiger partial charge >= 0.3 is 10.2 Å². The molecule has 1 saturated heterocycles. The predicted molar refractivity (Wildman–Crippen MR) is 75.6 cm³/mol. The molecule has 20 heavy (non-hydrogen) atoms. The maximum absolute atomic E-state index is 13.2. The molecule has 1 aliphatic rings. The van der Waals surface area contributed by atoms with Gasteiger partial charge in [0.25, 0.3) is 0 Å². The molecule has 108 valence electrons. The van der Waals surface area contributed by atoms with Crippen molar-refractivity contribution in [1.29, 1.82) is 0 Å². The number of nitrogens with zero attached hydrogens (tertiary/aromatic N) is 1. The van der Waals surface area contributed by atoms with Gasteiger partial charge in [-0.3, -0.25) is 4.90 Å². The highest BCUT2D eigenvalue weighted by Gasteiger charge is 2.18. The Morgan fingerprint density at radius 2 is 2.05 bits per heavy atom. The second-order valence-electron chi connectivity index (χ2n) is 4.86. The summed E-state index contributed by atoms with van der Waals surface area (Å²) in [6, 6.07) is 2.60. The molecule has 1 fully saturated rings. The molecular weight excluding hydrogens is 279 g/mol. The van der Waals surface area contributed by atoms with Crippen LogP contribution in [-0.2, 0) is 16.8 Å². The minimum absolute atomic E-state index is 0.360. The topological polar surface area (TPSA) is 49.4 Å². The zero-order valence-corrected chi connectivity index (χ0v) is 12.1. The van der Waals surface area contributed by atoms with Crippen molar-refractivity contribution in [3.05, 3.63) is 28.8 Å². The van der Waals surface area contributed by atoms with Crippen LogP contribution in [0.3, 0.4) is 0 Å². The summed E-state index contributed by atoms with van der Waals surface area (Å²) in [7, 11) is -4.74. The first-order chi connectivity index (χ1) is 9.41. The second-order valence-corrected chi connectivity index (χ2v) is 6.21. The van der Waals surface area contributed by atoms with E-state index in [9.17, 15) is 12.3 Å². The Hall–Kier alpha value is -1.42. The first kappa shape index (κ1) is 15.0. The van der Waals surface area contributed by atoms with E-state index in [1.54, 1.807) is 0 Å². The van der Waals surface area contributed by atoms with Crippen molar-refractivity contribution in [2.45, 2.75) is 18.4 Å². The molecule has 1 aromatic rings. The molecule has 0 saturated carbocycles. The van der Waals surface area contributed by atoms with Crippen molar-refractivity contribution in [2.24, 2.45) is 0 Å². The molecule has 0 bridgehead atoms. The minimum atomic E-state index is -4.74. The highest BCUT2D eigenvalue weighted by atomic mass is 32.3. The van der Waals surface area contributed by atoms with Crippen LogP contribution in [0.2, 0.25) is 0 Å². The van der Waals surface area contributed by atoms with E-state index >= 15 is 0 Å². The van der Waals surface area contributed by atoms with E-state index in [1.165, 1.54) is 12.1 Å². The van der Waals surface area contributed by atoms with Crippen molar-refractivity contribution in [3.63, 3.8) is 0 Å². The summed E-state index contributed by atoms with van der Waals surface area (Å²) in [5, 5.41) is 3.24. The van der Waals surface area contributed by atoms with Crippen molar-refractivity contribution in [3.8, 4) is 12.3 Å². The Morgan fingerprint density at radius 3 is 2.60 bits per heavy atom. The Balaban J connectivity index is 2.38. The van der Waals surface area contributed by atoms with Crippen LogP contribution in [0, 0.1) is 19.3 Å². The number of piperazine rings is 1. The number of terminal acetylenes is 1. The van der Waals surface area contributed by atoms with Crippen LogP contribution in [0.4, 0.5) is 3.89 Å². The van der Waals surface area contributed by atoms with E-state index in [1.807, 2.05) is 6.92 Å². The van der Waals surface area contributed by atoms with Crippen LogP contribution >= 0.6 is 0 Å². The summed E-state index contributed by atoms with van der Waals surface area (Å²) < 4.78 is 35.4. The molecule has 6 heteroatoms. The molecule has 0 amide bonds. The lowest BCUT2D eigenvalue weighted by molar-refractivity contribution is 0.232. The Morgan fingerprint density at radius 1 is 1.40 bits per heavy atom. The van der Waals surface area contributed by atoms with Crippen LogP contribution in [0.15, 0.2) is 17.0 Å². The van der Waals surface area contributed by atoms with Crippen molar-refractivity contribution >= 4 is 10.2 Å². The SMILES string of the molecule is C#Cc1cc(S(=O)(=O)F)cc(CN2CCNCC2)c1C. The third-order valence-electron chi connectivity index (χ3n) is 3.53. The first-order valence-electron chi connectivity index (χ1n) is 6.39. The van der Waals surface area contributed by atoms with Gasteiger partial charge in [0.15, 0.2) is 0 Å². The zero-order chi connectivity index (χ0) is 14.8. The number of halogens is 1. The van der Waals surface area contributed by atoms with Crippen molar-refractivity contribution in [2.75, 3.05) is 26.2 Å². The fourth-order valence-electron chi connectivity index (χ4n) is 2.31. The number of benzene rings is 1. The Bertz CT molecular complexity index is 644. The van der Waals surface area contributed by atoms with Gasteiger partial charge in [0.2, 0.25) is 0 Å². The maximum atomic E-state index is 13.2. The highest BCUT2D eigenvalue weighted by molar-refractivity contribution is 7.86. The molecule has 0 atom stereocenters. The van der Waals surface area contributed by atoms with Gasteiger partial charge in [-0.15, -0.1) is 10.3 Å². The lowest BCUT2D eigenvalue weighted by Crippen LogP contribution is -2.43. The number of nitrogens with one attached hydrogen (secondary N) is 1. The summed E-state index contributed by atoms with van der Waals surface area (Å²) >= 11 is 0. The second kappa shape index (κ2) is 5.92. The largest absolute Gasteiger partial charge is 0.332 e. The van der Waals surface area contributed by atoms with Crippen LogP contribution < -0.4 is 5.32 Å². The quantitative estimate of drug-likeness (QED) is 0.669. The predicted octanol–water partition coefficient (Wildman–Crippen LogP) is 1.04. The number of rotatable bonds is 3. The van der Waals surface area contributed by atoms with E-state index in [0.717, 1.165) is 37.3 Å². The van der Waals surface area contributed by atoms with Crippen molar-refractivity contribution < 1.29 is 12.3 Å². The molecule has 0 aromatic heterocycles. The van der Waals surface area contributed by atoms with Crippen molar-refractivity contribution in [1.82, 2.24) is 10.2 Å². The van der Waals surface area contributed by atoms with Gasteiger partial charge in [0.1, 0.15) is 4.90 Å². The van der Waals surface area contributed by atoms with Crippen LogP contribution in [0.25, 0.3) is 0 Å². The van der Waals surface area contributed by atoms with Gasteiger partial charge in [-0.05, 0) is 30.2 Å². The normalized spacial score (nSPS) is 16.9. The molecular formula is C14H17FN2O2S. The molecule has 1 aliphatic heterocycles. The maximum Gasteiger partial charge on any atom is 0.332 e. The van der Waals surface area contributed by atoms with Gasteiger partial charge in [-0.1, -0.05) is 5.92 Å². The highest BCUT2D eigenvalue weighted by Crippen LogP contribution is 2.22. The van der Waals surface area contributed by atoms with Crippen LogP contribution in [0.5, 0.6) is 0 Å². The molecule has 0 aliphatic carbocycles. The molecule has 0 radical (unpaired) electrons. The van der Waals surface area contributed by atoms with Gasteiger partial charge in [0, 0.05) is 38.3 Å². The molecule has 1 N–H and O–H groups in total. The average molecular weight is 296 g/mol. The smallest absolute Gasteiger partial charge is 0.314 e. The van der Waals surface area contributed by atoms with Gasteiger partial charge < -0.3 is 5.32 Å². The zero-order valence-electron chi connectivity index (χ0n) is 11.3.